The van der Waals surface area contributed by atoms with Gasteiger partial charge in [0.05, 0.1) is 17.0 Å². The van der Waals surface area contributed by atoms with E-state index in [0.29, 0.717) is 0 Å². The van der Waals surface area contributed by atoms with Crippen LogP contribution in [0.4, 0.5) is 0 Å². The minimum Gasteiger partial charge on any atom is -0.392 e. The molecule has 3 atom stereocenters. The molecule has 0 aromatic heterocycles. The molecule has 3 unspecified atom stereocenters. The molecule has 0 radical (unpaired) electrons. The largest absolute Gasteiger partial charge is 0.392 e. The highest BCUT2D eigenvalue weighted by molar-refractivity contribution is 9.09. The van der Waals surface area contributed by atoms with Gasteiger partial charge in [0, 0.05) is 7.11 Å². The lowest BCUT2D eigenvalue weighted by atomic mass is 9.95. The van der Waals surface area contributed by atoms with Crippen LogP contribution in [0.5, 0.6) is 0 Å². The van der Waals surface area contributed by atoms with E-state index in [0.717, 1.165) is 19.3 Å². The topological polar surface area (TPSA) is 29.5 Å². The molecule has 0 spiro atoms. The second-order valence-corrected chi connectivity index (χ2v) is 3.77. The molecule has 60 valence electrons. The van der Waals surface area contributed by atoms with Crippen LogP contribution in [-0.4, -0.2) is 29.3 Å². The van der Waals surface area contributed by atoms with E-state index in [1.54, 1.807) is 7.11 Å². The third kappa shape index (κ3) is 1.71. The van der Waals surface area contributed by atoms with Crippen molar-refractivity contribution >= 4 is 15.9 Å². The van der Waals surface area contributed by atoms with Crippen molar-refractivity contribution in [2.75, 3.05) is 7.11 Å². The molecule has 10 heavy (non-hydrogen) atoms. The molecule has 1 saturated carbocycles. The van der Waals surface area contributed by atoms with E-state index in [-0.39, 0.29) is 17.0 Å². The quantitative estimate of drug-likeness (QED) is 0.659. The maximum Gasteiger partial charge on any atom is 0.0721 e. The van der Waals surface area contributed by atoms with Crippen LogP contribution in [0, 0.1) is 0 Å². The van der Waals surface area contributed by atoms with Crippen molar-refractivity contribution in [3.05, 3.63) is 0 Å². The van der Waals surface area contributed by atoms with E-state index in [1.165, 1.54) is 0 Å². The van der Waals surface area contributed by atoms with E-state index >= 15 is 0 Å². The predicted molar refractivity (Wildman–Crippen MR) is 43.4 cm³/mol. The Hall–Kier alpha value is 0.400. The number of halogens is 1. The molecule has 0 aliphatic heterocycles. The average Bonchev–Trinajstić information content (AvgIpc) is 1.95. The summed E-state index contributed by atoms with van der Waals surface area (Å²) in [6, 6.07) is 0. The third-order valence-electron chi connectivity index (χ3n) is 2.01. The van der Waals surface area contributed by atoms with Gasteiger partial charge in [0.15, 0.2) is 0 Å². The Morgan fingerprint density at radius 3 is 2.70 bits per heavy atom. The van der Waals surface area contributed by atoms with Crippen LogP contribution in [-0.2, 0) is 4.74 Å². The fourth-order valence-corrected chi connectivity index (χ4v) is 2.09. The first-order valence-electron chi connectivity index (χ1n) is 3.60. The zero-order chi connectivity index (χ0) is 7.56. The van der Waals surface area contributed by atoms with Crippen LogP contribution in [0.15, 0.2) is 0 Å². The van der Waals surface area contributed by atoms with Crippen molar-refractivity contribution < 1.29 is 9.84 Å². The maximum absolute atomic E-state index is 9.35. The summed E-state index contributed by atoms with van der Waals surface area (Å²) in [5.41, 5.74) is 0. The second kappa shape index (κ2) is 3.69. The van der Waals surface area contributed by atoms with E-state index in [2.05, 4.69) is 15.9 Å². The molecule has 3 heteroatoms. The number of alkyl halides is 1. The minimum atomic E-state index is -0.223. The van der Waals surface area contributed by atoms with Crippen LogP contribution in [0.2, 0.25) is 0 Å². The first kappa shape index (κ1) is 8.50. The lowest BCUT2D eigenvalue weighted by Gasteiger charge is -2.30. The summed E-state index contributed by atoms with van der Waals surface area (Å²) in [7, 11) is 1.69. The van der Waals surface area contributed by atoms with E-state index in [1.807, 2.05) is 0 Å². The Kier molecular flexibility index (Phi) is 3.14. The number of aliphatic hydroxyl groups is 1. The van der Waals surface area contributed by atoms with Gasteiger partial charge in [-0.3, -0.25) is 0 Å². The summed E-state index contributed by atoms with van der Waals surface area (Å²) in [6.45, 7) is 0. The van der Waals surface area contributed by atoms with Crippen molar-refractivity contribution in [2.45, 2.75) is 36.3 Å². The third-order valence-corrected chi connectivity index (χ3v) is 3.21. The first-order chi connectivity index (χ1) is 4.75. The Morgan fingerprint density at radius 2 is 2.20 bits per heavy atom. The van der Waals surface area contributed by atoms with E-state index < -0.39 is 0 Å². The number of rotatable bonds is 1. The van der Waals surface area contributed by atoms with Crippen molar-refractivity contribution in [1.82, 2.24) is 0 Å². The lowest BCUT2D eigenvalue weighted by molar-refractivity contribution is 0.0209. The number of ether oxygens (including phenoxy) is 1. The maximum atomic E-state index is 9.35. The molecule has 0 amide bonds. The van der Waals surface area contributed by atoms with Gasteiger partial charge in [0.25, 0.3) is 0 Å². The smallest absolute Gasteiger partial charge is 0.0721 e. The summed E-state index contributed by atoms with van der Waals surface area (Å²) in [6.07, 6.45) is 3.00. The highest BCUT2D eigenvalue weighted by Crippen LogP contribution is 2.26. The number of aliphatic hydroxyl groups excluding tert-OH is 1. The Bertz CT molecular complexity index is 108. The van der Waals surface area contributed by atoms with Gasteiger partial charge in [-0.2, -0.15) is 0 Å². The van der Waals surface area contributed by atoms with Gasteiger partial charge in [-0.25, -0.2) is 0 Å². The summed E-state index contributed by atoms with van der Waals surface area (Å²) in [4.78, 5) is 0.131. The lowest BCUT2D eigenvalue weighted by Crippen LogP contribution is -2.37. The first-order valence-corrected chi connectivity index (χ1v) is 4.52. The van der Waals surface area contributed by atoms with E-state index in [4.69, 9.17) is 4.74 Å². The van der Waals surface area contributed by atoms with Gasteiger partial charge in [0.2, 0.25) is 0 Å². The predicted octanol–water partition coefficient (Wildman–Crippen LogP) is 1.31. The minimum absolute atomic E-state index is 0.131. The molecule has 0 bridgehead atoms. The standard InChI is InChI=1S/C7H13BrO2/c1-10-6-4-2-3-5(9)7(6)8/h5-7,9H,2-4H2,1H3. The van der Waals surface area contributed by atoms with Gasteiger partial charge < -0.3 is 9.84 Å². The molecule has 1 rings (SSSR count). The monoisotopic (exact) mass is 208 g/mol. The van der Waals surface area contributed by atoms with Crippen LogP contribution in [0.25, 0.3) is 0 Å². The molecule has 2 nitrogen and oxygen atoms in total. The van der Waals surface area contributed by atoms with Gasteiger partial charge >= 0.3 is 0 Å². The zero-order valence-corrected chi connectivity index (χ0v) is 7.67. The van der Waals surface area contributed by atoms with Gasteiger partial charge in [0.1, 0.15) is 0 Å². The van der Waals surface area contributed by atoms with Crippen molar-refractivity contribution in [3.8, 4) is 0 Å². The molecule has 1 fully saturated rings. The number of hydrogen-bond donors (Lipinski definition) is 1. The molecule has 0 heterocycles. The van der Waals surface area contributed by atoms with Crippen LogP contribution < -0.4 is 0 Å². The molecule has 1 aliphatic rings. The average molecular weight is 209 g/mol. The highest BCUT2D eigenvalue weighted by atomic mass is 79.9. The van der Waals surface area contributed by atoms with Crippen LogP contribution in [0.3, 0.4) is 0 Å². The number of hydrogen-bond acceptors (Lipinski definition) is 2. The normalized spacial score (nSPS) is 41.7. The molecule has 0 saturated heterocycles. The van der Waals surface area contributed by atoms with E-state index in [9.17, 15) is 5.11 Å². The molecule has 1 aliphatic carbocycles. The highest BCUT2D eigenvalue weighted by Gasteiger charge is 2.29. The molecule has 1 N–H and O–H groups in total. The summed E-state index contributed by atoms with van der Waals surface area (Å²) in [5.74, 6) is 0. The van der Waals surface area contributed by atoms with Gasteiger partial charge in [-0.1, -0.05) is 15.9 Å². The summed E-state index contributed by atoms with van der Waals surface area (Å²) in [5, 5.41) is 9.35. The Morgan fingerprint density at radius 1 is 1.50 bits per heavy atom. The fourth-order valence-electron chi connectivity index (χ4n) is 1.34. The summed E-state index contributed by atoms with van der Waals surface area (Å²) < 4.78 is 5.17. The molecule has 0 aromatic carbocycles. The Balaban J connectivity index is 2.42. The van der Waals surface area contributed by atoms with Crippen LogP contribution in [0.1, 0.15) is 19.3 Å². The van der Waals surface area contributed by atoms with Crippen molar-refractivity contribution in [1.29, 1.82) is 0 Å². The Labute approximate surface area is 69.7 Å². The van der Waals surface area contributed by atoms with Crippen molar-refractivity contribution in [3.63, 3.8) is 0 Å². The molecular formula is C7H13BrO2. The molecular weight excluding hydrogens is 196 g/mol. The second-order valence-electron chi connectivity index (χ2n) is 2.72. The SMILES string of the molecule is COC1CCCC(O)C1Br. The van der Waals surface area contributed by atoms with Crippen molar-refractivity contribution in [2.24, 2.45) is 0 Å². The van der Waals surface area contributed by atoms with Crippen LogP contribution >= 0.6 is 15.9 Å². The summed E-state index contributed by atoms with van der Waals surface area (Å²) >= 11 is 3.41. The number of methoxy groups -OCH3 is 1. The fraction of sp³-hybridized carbons (Fsp3) is 1.00. The van der Waals surface area contributed by atoms with Gasteiger partial charge in [-0.05, 0) is 19.3 Å². The van der Waals surface area contributed by atoms with Gasteiger partial charge in [-0.15, -0.1) is 0 Å². The zero-order valence-electron chi connectivity index (χ0n) is 6.09. The molecule has 0 aromatic rings.